The number of hydrazone groups is 1. The number of rotatable bonds is 9. The molecule has 0 spiro atoms. The second kappa shape index (κ2) is 11.9. The molecule has 1 atom stereocenters. The monoisotopic (exact) mass is 484 g/mol. The maximum Gasteiger partial charge on any atom is 0.280 e. The van der Waals surface area contributed by atoms with Gasteiger partial charge in [0.15, 0.2) is 6.10 Å². The number of nitrogens with one attached hydrogen (secondary N) is 1. The van der Waals surface area contributed by atoms with E-state index in [4.69, 9.17) is 21.1 Å². The number of benzene rings is 4. The summed E-state index contributed by atoms with van der Waals surface area (Å²) in [6.45, 7) is 2.11. The molecular weight excluding hydrogens is 460 g/mol. The standard InChI is InChI=1S/C29H25ClN2O3/c1-21(35-27-16-12-25(13-17-27)24-7-3-2-4-8-24)29(33)32-31-19-23-6-5-9-28(18-23)34-20-22-10-14-26(30)15-11-22/h2-19,21H,20H2,1H3,(H,32,33)/b31-19+. The predicted octanol–water partition coefficient (Wildman–Crippen LogP) is 6.50. The van der Waals surface area contributed by atoms with Gasteiger partial charge in [0.05, 0.1) is 6.21 Å². The van der Waals surface area contributed by atoms with Crippen LogP contribution >= 0.6 is 11.6 Å². The van der Waals surface area contributed by atoms with Crippen molar-refractivity contribution < 1.29 is 14.3 Å². The van der Waals surface area contributed by atoms with Crippen molar-refractivity contribution in [2.75, 3.05) is 0 Å². The maximum atomic E-state index is 12.4. The molecule has 176 valence electrons. The van der Waals surface area contributed by atoms with Crippen LogP contribution in [-0.4, -0.2) is 18.2 Å². The minimum absolute atomic E-state index is 0.344. The molecule has 4 rings (SSSR count). The van der Waals surface area contributed by atoms with E-state index in [1.54, 1.807) is 13.1 Å². The summed E-state index contributed by atoms with van der Waals surface area (Å²) in [6, 6.07) is 32.7. The van der Waals surface area contributed by atoms with Crippen LogP contribution in [0.5, 0.6) is 11.5 Å². The summed E-state index contributed by atoms with van der Waals surface area (Å²) in [5.74, 6) is 0.969. The van der Waals surface area contributed by atoms with Crippen molar-refractivity contribution in [1.82, 2.24) is 5.43 Å². The van der Waals surface area contributed by atoms with Crippen LogP contribution in [-0.2, 0) is 11.4 Å². The summed E-state index contributed by atoms with van der Waals surface area (Å²) >= 11 is 5.91. The fraction of sp³-hybridized carbons (Fsp3) is 0.103. The zero-order chi connectivity index (χ0) is 24.5. The second-order valence-electron chi connectivity index (χ2n) is 7.87. The van der Waals surface area contributed by atoms with Crippen LogP contribution in [0.15, 0.2) is 108 Å². The Hall–Kier alpha value is -4.09. The van der Waals surface area contributed by atoms with Crippen LogP contribution in [0.2, 0.25) is 5.02 Å². The van der Waals surface area contributed by atoms with Crippen LogP contribution in [0.4, 0.5) is 0 Å². The Morgan fingerprint density at radius 3 is 2.34 bits per heavy atom. The molecule has 0 radical (unpaired) electrons. The third-order valence-corrected chi connectivity index (χ3v) is 5.46. The third kappa shape index (κ3) is 7.19. The smallest absolute Gasteiger partial charge is 0.280 e. The molecule has 4 aromatic carbocycles. The fourth-order valence-electron chi connectivity index (χ4n) is 3.31. The van der Waals surface area contributed by atoms with Crippen LogP contribution in [0.25, 0.3) is 11.1 Å². The molecule has 35 heavy (non-hydrogen) atoms. The fourth-order valence-corrected chi connectivity index (χ4v) is 3.43. The summed E-state index contributed by atoms with van der Waals surface area (Å²) in [6.07, 6.45) is 0.859. The molecule has 5 nitrogen and oxygen atoms in total. The molecule has 0 saturated heterocycles. The van der Waals surface area contributed by atoms with Crippen molar-refractivity contribution in [3.63, 3.8) is 0 Å². The summed E-state index contributed by atoms with van der Waals surface area (Å²) in [5.41, 5.74) is 6.54. The molecule has 0 aliphatic carbocycles. The average Bonchev–Trinajstić information content (AvgIpc) is 2.89. The average molecular weight is 485 g/mol. The van der Waals surface area contributed by atoms with Crippen molar-refractivity contribution in [2.24, 2.45) is 5.10 Å². The lowest BCUT2D eigenvalue weighted by atomic mass is 10.1. The largest absolute Gasteiger partial charge is 0.489 e. The zero-order valence-corrected chi connectivity index (χ0v) is 20.0. The van der Waals surface area contributed by atoms with E-state index < -0.39 is 6.10 Å². The van der Waals surface area contributed by atoms with Gasteiger partial charge >= 0.3 is 0 Å². The molecule has 0 heterocycles. The Morgan fingerprint density at radius 2 is 1.60 bits per heavy atom. The topological polar surface area (TPSA) is 59.9 Å². The third-order valence-electron chi connectivity index (χ3n) is 5.21. The van der Waals surface area contributed by atoms with Gasteiger partial charge < -0.3 is 9.47 Å². The number of hydrogen-bond acceptors (Lipinski definition) is 4. The van der Waals surface area contributed by atoms with Crippen LogP contribution in [0.3, 0.4) is 0 Å². The normalized spacial score (nSPS) is 11.7. The summed E-state index contributed by atoms with van der Waals surface area (Å²) in [5, 5.41) is 4.74. The highest BCUT2D eigenvalue weighted by molar-refractivity contribution is 6.30. The number of ether oxygens (including phenoxy) is 2. The highest BCUT2D eigenvalue weighted by Crippen LogP contribution is 2.22. The molecule has 6 heteroatoms. The van der Waals surface area contributed by atoms with E-state index in [2.05, 4.69) is 10.5 Å². The van der Waals surface area contributed by atoms with Gasteiger partial charge in [-0.1, -0.05) is 78.3 Å². The van der Waals surface area contributed by atoms with Gasteiger partial charge in [-0.15, -0.1) is 0 Å². The lowest BCUT2D eigenvalue weighted by molar-refractivity contribution is -0.127. The lowest BCUT2D eigenvalue weighted by Crippen LogP contribution is -2.33. The highest BCUT2D eigenvalue weighted by Gasteiger charge is 2.14. The van der Waals surface area contributed by atoms with Crippen molar-refractivity contribution in [3.8, 4) is 22.6 Å². The molecule has 4 aromatic rings. The predicted molar refractivity (Wildman–Crippen MR) is 140 cm³/mol. The van der Waals surface area contributed by atoms with Crippen LogP contribution in [0.1, 0.15) is 18.1 Å². The number of hydrogen-bond donors (Lipinski definition) is 1. The van der Waals surface area contributed by atoms with Crippen molar-refractivity contribution in [1.29, 1.82) is 0 Å². The Bertz CT molecular complexity index is 1270. The van der Waals surface area contributed by atoms with Gasteiger partial charge in [-0.25, -0.2) is 5.43 Å². The summed E-state index contributed by atoms with van der Waals surface area (Å²) in [4.78, 5) is 12.4. The van der Waals surface area contributed by atoms with E-state index in [1.807, 2.05) is 103 Å². The van der Waals surface area contributed by atoms with Crippen LogP contribution in [0, 0.1) is 0 Å². The Morgan fingerprint density at radius 1 is 0.886 bits per heavy atom. The minimum Gasteiger partial charge on any atom is -0.489 e. The van der Waals surface area contributed by atoms with Gasteiger partial charge in [0.1, 0.15) is 18.1 Å². The minimum atomic E-state index is -0.705. The van der Waals surface area contributed by atoms with E-state index in [0.717, 1.165) is 22.3 Å². The van der Waals surface area contributed by atoms with E-state index in [9.17, 15) is 4.79 Å². The Labute approximate surface area is 210 Å². The van der Waals surface area contributed by atoms with Gasteiger partial charge in [0, 0.05) is 5.02 Å². The number of halogens is 1. The first-order valence-corrected chi connectivity index (χ1v) is 11.6. The number of carbonyl (C=O) groups excluding carboxylic acids is 1. The lowest BCUT2D eigenvalue weighted by Gasteiger charge is -2.13. The molecule has 0 aliphatic rings. The highest BCUT2D eigenvalue weighted by atomic mass is 35.5. The number of nitrogens with zero attached hydrogens (tertiary/aromatic N) is 1. The molecule has 1 N–H and O–H groups in total. The first kappa shape index (κ1) is 24.0. The van der Waals surface area contributed by atoms with Crippen molar-refractivity contribution in [3.05, 3.63) is 119 Å². The van der Waals surface area contributed by atoms with Gasteiger partial charge in [-0.2, -0.15) is 5.10 Å². The summed E-state index contributed by atoms with van der Waals surface area (Å²) < 4.78 is 11.6. The second-order valence-corrected chi connectivity index (χ2v) is 8.31. The van der Waals surface area contributed by atoms with Gasteiger partial charge in [-0.05, 0) is 65.6 Å². The van der Waals surface area contributed by atoms with E-state index in [1.165, 1.54) is 0 Å². The first-order chi connectivity index (χ1) is 17.1. The number of amides is 1. The first-order valence-electron chi connectivity index (χ1n) is 11.2. The number of carbonyl (C=O) groups is 1. The van der Waals surface area contributed by atoms with E-state index in [-0.39, 0.29) is 5.91 Å². The molecular formula is C29H25ClN2O3. The van der Waals surface area contributed by atoms with E-state index >= 15 is 0 Å². The molecule has 0 aromatic heterocycles. The maximum absolute atomic E-state index is 12.4. The SMILES string of the molecule is CC(Oc1ccc(-c2ccccc2)cc1)C(=O)N/N=C/c1cccc(OCc2ccc(Cl)cc2)c1. The van der Waals surface area contributed by atoms with Crippen molar-refractivity contribution >= 4 is 23.7 Å². The van der Waals surface area contributed by atoms with Gasteiger partial charge in [0.2, 0.25) is 0 Å². The molecule has 0 saturated carbocycles. The summed E-state index contributed by atoms with van der Waals surface area (Å²) in [7, 11) is 0. The Kier molecular flexibility index (Phi) is 8.15. The quantitative estimate of drug-likeness (QED) is 0.218. The molecule has 1 unspecified atom stereocenters. The van der Waals surface area contributed by atoms with Crippen molar-refractivity contribution in [2.45, 2.75) is 19.6 Å². The van der Waals surface area contributed by atoms with Crippen LogP contribution < -0.4 is 14.9 Å². The molecule has 0 aliphatic heterocycles. The van der Waals surface area contributed by atoms with Gasteiger partial charge in [0.25, 0.3) is 5.91 Å². The molecule has 0 fully saturated rings. The van der Waals surface area contributed by atoms with Gasteiger partial charge in [-0.3, -0.25) is 4.79 Å². The molecule has 1 amide bonds. The zero-order valence-electron chi connectivity index (χ0n) is 19.2. The Balaban J connectivity index is 1.27. The molecule has 0 bridgehead atoms. The van der Waals surface area contributed by atoms with E-state index in [0.29, 0.717) is 23.1 Å².